The molecule has 0 bridgehead atoms. The van der Waals surface area contributed by atoms with Gasteiger partial charge in [0.05, 0.1) is 5.02 Å². The highest BCUT2D eigenvalue weighted by molar-refractivity contribution is 6.40. The first-order chi connectivity index (χ1) is 14.1. The van der Waals surface area contributed by atoms with Crippen molar-refractivity contribution in [2.24, 2.45) is 0 Å². The summed E-state index contributed by atoms with van der Waals surface area (Å²) in [5.74, 6) is -3.33. The van der Waals surface area contributed by atoms with Crippen molar-refractivity contribution in [3.8, 4) is 5.75 Å². The Labute approximate surface area is 178 Å². The van der Waals surface area contributed by atoms with Gasteiger partial charge in [-0.3, -0.25) is 14.4 Å². The third-order valence-electron chi connectivity index (χ3n) is 4.16. The van der Waals surface area contributed by atoms with E-state index in [0.717, 1.165) is 0 Å². The number of nitrogens with zero attached hydrogens (tertiary/aromatic N) is 1. The first-order valence-corrected chi connectivity index (χ1v) is 9.17. The molecule has 12 heteroatoms. The van der Waals surface area contributed by atoms with Gasteiger partial charge in [-0.15, -0.1) is 5.06 Å². The van der Waals surface area contributed by atoms with E-state index < -0.39 is 41.7 Å². The zero-order chi connectivity index (χ0) is 22.2. The summed E-state index contributed by atoms with van der Waals surface area (Å²) in [6, 6.07) is 1.33. The van der Waals surface area contributed by atoms with Gasteiger partial charge in [0.15, 0.2) is 16.9 Å². The van der Waals surface area contributed by atoms with Crippen molar-refractivity contribution < 1.29 is 37.9 Å². The van der Waals surface area contributed by atoms with Gasteiger partial charge in [0.2, 0.25) is 6.79 Å². The Balaban J connectivity index is 2.01. The van der Waals surface area contributed by atoms with Crippen LogP contribution in [0.5, 0.6) is 5.75 Å². The molecule has 3 rings (SSSR count). The Morgan fingerprint density at radius 3 is 2.40 bits per heavy atom. The SMILES string of the molecule is CC(=O)OCOc1c(Cl)cc2c(C)c(C(=O)ON3C(=O)CCC3=O)c(=O)oc2c1Cl. The third kappa shape index (κ3) is 3.96. The molecule has 0 aliphatic carbocycles. The molecule has 0 radical (unpaired) electrons. The van der Waals surface area contributed by atoms with Crippen LogP contribution in [0.3, 0.4) is 0 Å². The lowest BCUT2D eigenvalue weighted by Crippen LogP contribution is -2.34. The molecule has 1 saturated heterocycles. The van der Waals surface area contributed by atoms with Crippen LogP contribution in [0, 0.1) is 6.92 Å². The van der Waals surface area contributed by atoms with E-state index in [1.54, 1.807) is 0 Å². The molecule has 0 N–H and O–H groups in total. The van der Waals surface area contributed by atoms with Crippen LogP contribution in [0.1, 0.15) is 35.7 Å². The first-order valence-electron chi connectivity index (χ1n) is 8.41. The summed E-state index contributed by atoms with van der Waals surface area (Å²) in [6.45, 7) is 2.11. The topological polar surface area (TPSA) is 129 Å². The summed E-state index contributed by atoms with van der Waals surface area (Å²) >= 11 is 12.4. The molecule has 1 aromatic carbocycles. The quantitative estimate of drug-likeness (QED) is 0.287. The molecule has 30 heavy (non-hydrogen) atoms. The van der Waals surface area contributed by atoms with Gasteiger partial charge in [-0.1, -0.05) is 23.2 Å². The van der Waals surface area contributed by atoms with Crippen molar-refractivity contribution in [2.75, 3.05) is 6.79 Å². The van der Waals surface area contributed by atoms with Crippen LogP contribution in [-0.4, -0.2) is 35.6 Å². The van der Waals surface area contributed by atoms with Gasteiger partial charge >= 0.3 is 17.6 Å². The molecule has 158 valence electrons. The highest BCUT2D eigenvalue weighted by Crippen LogP contribution is 2.40. The number of aryl methyl sites for hydroxylation is 1. The molecule has 0 spiro atoms. The fourth-order valence-corrected chi connectivity index (χ4v) is 3.32. The molecule has 1 aliphatic heterocycles. The number of halogens is 2. The molecule has 0 saturated carbocycles. The number of amides is 2. The van der Waals surface area contributed by atoms with Crippen LogP contribution in [0.25, 0.3) is 11.0 Å². The summed E-state index contributed by atoms with van der Waals surface area (Å²) in [4.78, 5) is 63.8. The average Bonchev–Trinajstić information content (AvgIpc) is 2.97. The molecular formula is C18H13Cl2NO9. The molecule has 1 fully saturated rings. The van der Waals surface area contributed by atoms with Crippen LogP contribution < -0.4 is 10.4 Å². The summed E-state index contributed by atoms with van der Waals surface area (Å²) in [5, 5.41) is 0.308. The van der Waals surface area contributed by atoms with E-state index in [1.807, 2.05) is 0 Å². The molecule has 0 atom stereocenters. The van der Waals surface area contributed by atoms with E-state index in [2.05, 4.69) is 4.74 Å². The van der Waals surface area contributed by atoms with Crippen molar-refractivity contribution >= 4 is 57.9 Å². The van der Waals surface area contributed by atoms with Crippen molar-refractivity contribution in [3.05, 3.63) is 37.7 Å². The minimum absolute atomic E-state index is 0.0131. The van der Waals surface area contributed by atoms with Crippen LogP contribution in [-0.2, 0) is 24.0 Å². The Morgan fingerprint density at radius 2 is 1.80 bits per heavy atom. The van der Waals surface area contributed by atoms with E-state index in [9.17, 15) is 24.0 Å². The molecule has 0 unspecified atom stereocenters. The first kappa shape index (κ1) is 21.6. The zero-order valence-electron chi connectivity index (χ0n) is 15.6. The van der Waals surface area contributed by atoms with Crippen molar-refractivity contribution in [2.45, 2.75) is 26.7 Å². The minimum Gasteiger partial charge on any atom is -0.454 e. The van der Waals surface area contributed by atoms with Crippen LogP contribution in [0.2, 0.25) is 10.0 Å². The Bertz CT molecular complexity index is 1140. The summed E-state index contributed by atoms with van der Waals surface area (Å²) in [5.41, 5.74) is -1.68. The number of ether oxygens (including phenoxy) is 2. The number of hydroxylamine groups is 2. The van der Waals surface area contributed by atoms with E-state index in [-0.39, 0.29) is 45.2 Å². The second-order valence-corrected chi connectivity index (χ2v) is 6.91. The minimum atomic E-state index is -1.24. The summed E-state index contributed by atoms with van der Waals surface area (Å²) in [6.07, 6.45) is -0.197. The highest BCUT2D eigenvalue weighted by Gasteiger charge is 2.35. The fourth-order valence-electron chi connectivity index (χ4n) is 2.72. The van der Waals surface area contributed by atoms with Crippen molar-refractivity contribution in [3.63, 3.8) is 0 Å². The molecule has 1 aliphatic rings. The number of carbonyl (C=O) groups excluding carboxylic acids is 4. The molecule has 2 amide bonds. The smallest absolute Gasteiger partial charge is 0.371 e. The maximum absolute atomic E-state index is 12.5. The molecule has 10 nitrogen and oxygen atoms in total. The van der Waals surface area contributed by atoms with Gasteiger partial charge in [-0.2, -0.15) is 0 Å². The zero-order valence-corrected chi connectivity index (χ0v) is 17.1. The number of hydrogen-bond acceptors (Lipinski definition) is 9. The second kappa shape index (κ2) is 8.33. The standard InChI is InChI=1S/C18H13Cl2NO9/c1-7-9-5-10(19)16(28-6-27-8(2)22)14(20)15(9)29-17(25)13(7)18(26)30-21-11(23)3-4-12(21)24/h5H,3-4,6H2,1-2H3. The van der Waals surface area contributed by atoms with Gasteiger partial charge in [0, 0.05) is 25.2 Å². The van der Waals surface area contributed by atoms with Crippen molar-refractivity contribution in [1.82, 2.24) is 5.06 Å². The maximum Gasteiger partial charge on any atom is 0.371 e. The largest absolute Gasteiger partial charge is 0.454 e. The average molecular weight is 458 g/mol. The number of benzene rings is 1. The molecule has 2 aromatic rings. The van der Waals surface area contributed by atoms with Crippen LogP contribution in [0.15, 0.2) is 15.3 Å². The summed E-state index contributed by atoms with van der Waals surface area (Å²) < 4.78 is 15.0. The van der Waals surface area contributed by atoms with Gasteiger partial charge in [-0.05, 0) is 18.6 Å². The normalized spacial score (nSPS) is 13.7. The van der Waals surface area contributed by atoms with Gasteiger partial charge in [-0.25, -0.2) is 9.59 Å². The number of rotatable bonds is 5. The fraction of sp³-hybridized carbons (Fsp3) is 0.278. The molecule has 2 heterocycles. The van der Waals surface area contributed by atoms with Crippen molar-refractivity contribution in [1.29, 1.82) is 0 Å². The number of esters is 1. The van der Waals surface area contributed by atoms with Gasteiger partial charge < -0.3 is 18.7 Å². The van der Waals surface area contributed by atoms with Crippen LogP contribution in [0.4, 0.5) is 0 Å². The number of carbonyl (C=O) groups is 4. The monoisotopic (exact) mass is 457 g/mol. The molecular weight excluding hydrogens is 445 g/mol. The lowest BCUT2D eigenvalue weighted by molar-refractivity contribution is -0.172. The Hall–Kier alpha value is -3.11. The highest BCUT2D eigenvalue weighted by atomic mass is 35.5. The van der Waals surface area contributed by atoms with E-state index in [4.69, 9.17) is 37.2 Å². The van der Waals surface area contributed by atoms with Gasteiger partial charge in [0.1, 0.15) is 5.02 Å². The maximum atomic E-state index is 12.5. The lowest BCUT2D eigenvalue weighted by atomic mass is 10.1. The lowest BCUT2D eigenvalue weighted by Gasteiger charge is -2.15. The van der Waals surface area contributed by atoms with E-state index >= 15 is 0 Å². The van der Waals surface area contributed by atoms with Gasteiger partial charge in [0.25, 0.3) is 11.8 Å². The Morgan fingerprint density at radius 1 is 1.17 bits per heavy atom. The predicted molar refractivity (Wildman–Crippen MR) is 101 cm³/mol. The number of hydrogen-bond donors (Lipinski definition) is 0. The number of imide groups is 1. The van der Waals surface area contributed by atoms with Crippen LogP contribution >= 0.6 is 23.2 Å². The predicted octanol–water partition coefficient (Wildman–Crippen LogP) is 2.53. The molecule has 1 aromatic heterocycles. The van der Waals surface area contributed by atoms with E-state index in [0.29, 0.717) is 5.06 Å². The third-order valence-corrected chi connectivity index (χ3v) is 4.78. The second-order valence-electron chi connectivity index (χ2n) is 6.13. The van der Waals surface area contributed by atoms with E-state index in [1.165, 1.54) is 19.9 Å². The number of fused-ring (bicyclic) bond motifs is 1. The Kier molecular flexibility index (Phi) is 5.99. The summed E-state index contributed by atoms with van der Waals surface area (Å²) in [7, 11) is 0.